The van der Waals surface area contributed by atoms with Gasteiger partial charge in [-0.05, 0) is 36.1 Å². The van der Waals surface area contributed by atoms with Crippen LogP contribution in [0.1, 0.15) is 22.7 Å². The number of carbonyl (C=O) groups excluding carboxylic acids is 1. The summed E-state index contributed by atoms with van der Waals surface area (Å²) in [5.74, 6) is 0.450. The first-order chi connectivity index (χ1) is 8.72. The van der Waals surface area contributed by atoms with Crippen LogP contribution in [-0.4, -0.2) is 16.0 Å². The number of fused-ring (bicyclic) bond motifs is 1. The van der Waals surface area contributed by atoms with Gasteiger partial charge in [0.25, 0.3) is 0 Å². The first-order valence-electron chi connectivity index (χ1n) is 5.89. The van der Waals surface area contributed by atoms with Crippen LogP contribution in [0.2, 0.25) is 0 Å². The second kappa shape index (κ2) is 4.18. The van der Waals surface area contributed by atoms with Crippen molar-refractivity contribution in [3.63, 3.8) is 0 Å². The standard InChI is InChI=1S/C13H14N4O/c14-13(18)17-11-2-1-8-3-10(4-9(8)5-11)12-6-15-7-16-12/h1-2,5-7,10H,3-4H2,(H,15,16)(H3,14,17,18). The first kappa shape index (κ1) is 10.8. The van der Waals surface area contributed by atoms with E-state index in [0.717, 1.165) is 24.2 Å². The fourth-order valence-electron chi connectivity index (χ4n) is 2.55. The maximum absolute atomic E-state index is 10.8. The summed E-state index contributed by atoms with van der Waals surface area (Å²) in [6, 6.07) is 5.41. The molecule has 5 heteroatoms. The molecule has 1 aliphatic rings. The van der Waals surface area contributed by atoms with Crippen LogP contribution in [0.15, 0.2) is 30.7 Å². The van der Waals surface area contributed by atoms with Gasteiger partial charge < -0.3 is 16.0 Å². The van der Waals surface area contributed by atoms with Crippen LogP contribution in [0.25, 0.3) is 0 Å². The van der Waals surface area contributed by atoms with Crippen LogP contribution < -0.4 is 11.1 Å². The molecule has 4 N–H and O–H groups in total. The maximum Gasteiger partial charge on any atom is 0.316 e. The minimum Gasteiger partial charge on any atom is -0.351 e. The highest BCUT2D eigenvalue weighted by Gasteiger charge is 2.23. The van der Waals surface area contributed by atoms with Gasteiger partial charge >= 0.3 is 6.03 Å². The molecule has 1 aromatic carbocycles. The zero-order valence-electron chi connectivity index (χ0n) is 9.81. The number of hydrogen-bond donors (Lipinski definition) is 3. The molecule has 1 unspecified atom stereocenters. The molecule has 0 saturated carbocycles. The predicted molar refractivity (Wildman–Crippen MR) is 68.4 cm³/mol. The van der Waals surface area contributed by atoms with Gasteiger partial charge in [0.1, 0.15) is 0 Å². The van der Waals surface area contributed by atoms with E-state index in [-0.39, 0.29) is 0 Å². The lowest BCUT2D eigenvalue weighted by atomic mass is 10.0. The molecule has 0 fully saturated rings. The number of anilines is 1. The molecule has 0 saturated heterocycles. The van der Waals surface area contributed by atoms with Crippen LogP contribution in [0.5, 0.6) is 0 Å². The van der Waals surface area contributed by atoms with Gasteiger partial charge in [-0.25, -0.2) is 9.78 Å². The molecule has 1 heterocycles. The van der Waals surface area contributed by atoms with Crippen molar-refractivity contribution in [2.24, 2.45) is 5.73 Å². The first-order valence-corrected chi connectivity index (χ1v) is 5.89. The summed E-state index contributed by atoms with van der Waals surface area (Å²) in [6.45, 7) is 0. The highest BCUT2D eigenvalue weighted by Crippen LogP contribution is 2.34. The number of amides is 2. The summed E-state index contributed by atoms with van der Waals surface area (Å²) >= 11 is 0. The average molecular weight is 242 g/mol. The Morgan fingerprint density at radius 2 is 2.22 bits per heavy atom. The molecule has 3 rings (SSSR count). The van der Waals surface area contributed by atoms with E-state index in [1.54, 1.807) is 6.33 Å². The van der Waals surface area contributed by atoms with E-state index in [2.05, 4.69) is 21.4 Å². The molecule has 0 bridgehead atoms. The molecule has 1 atom stereocenters. The van der Waals surface area contributed by atoms with Crippen LogP contribution in [0.3, 0.4) is 0 Å². The van der Waals surface area contributed by atoms with E-state index in [4.69, 9.17) is 5.73 Å². The van der Waals surface area contributed by atoms with Crippen LogP contribution in [-0.2, 0) is 12.8 Å². The van der Waals surface area contributed by atoms with Crippen LogP contribution in [0, 0.1) is 0 Å². The SMILES string of the molecule is NC(=O)Nc1ccc2c(c1)CC(c1cnc[nH]1)C2. The fraction of sp³-hybridized carbons (Fsp3) is 0.231. The number of nitrogens with zero attached hydrogens (tertiary/aromatic N) is 1. The Labute approximate surface area is 104 Å². The Morgan fingerprint density at radius 3 is 2.94 bits per heavy atom. The summed E-state index contributed by atoms with van der Waals surface area (Å²) in [6.07, 6.45) is 5.55. The molecule has 18 heavy (non-hydrogen) atoms. The third-order valence-corrected chi connectivity index (χ3v) is 3.37. The second-order valence-corrected chi connectivity index (χ2v) is 4.58. The van der Waals surface area contributed by atoms with Crippen LogP contribution >= 0.6 is 0 Å². The molecule has 5 nitrogen and oxygen atoms in total. The largest absolute Gasteiger partial charge is 0.351 e. The lowest BCUT2D eigenvalue weighted by molar-refractivity contribution is 0.259. The van der Waals surface area contributed by atoms with Gasteiger partial charge in [0, 0.05) is 23.5 Å². The number of benzene rings is 1. The Bertz CT molecular complexity index is 577. The lowest BCUT2D eigenvalue weighted by Gasteiger charge is -2.04. The summed E-state index contributed by atoms with van der Waals surface area (Å²) in [5, 5.41) is 2.60. The van der Waals surface area contributed by atoms with Crippen molar-refractivity contribution in [1.82, 2.24) is 9.97 Å². The third kappa shape index (κ3) is 1.95. The fourth-order valence-corrected chi connectivity index (χ4v) is 2.55. The molecule has 0 radical (unpaired) electrons. The number of imidazole rings is 1. The number of rotatable bonds is 2. The van der Waals surface area contributed by atoms with E-state index in [9.17, 15) is 4.79 Å². The quantitative estimate of drug-likeness (QED) is 0.750. The number of urea groups is 1. The maximum atomic E-state index is 10.8. The zero-order chi connectivity index (χ0) is 12.5. The number of H-pyrrole nitrogens is 1. The van der Waals surface area contributed by atoms with Crippen molar-refractivity contribution in [3.05, 3.63) is 47.5 Å². The Kier molecular flexibility index (Phi) is 2.51. The molecule has 1 aromatic heterocycles. The third-order valence-electron chi connectivity index (χ3n) is 3.37. The van der Waals surface area contributed by atoms with Gasteiger partial charge in [0.05, 0.1) is 6.33 Å². The number of aromatic nitrogens is 2. The molecule has 1 aliphatic carbocycles. The number of aromatic amines is 1. The van der Waals surface area contributed by atoms with Crippen molar-refractivity contribution in [2.75, 3.05) is 5.32 Å². The average Bonchev–Trinajstić information content (AvgIpc) is 2.95. The Morgan fingerprint density at radius 1 is 1.39 bits per heavy atom. The van der Waals surface area contributed by atoms with Crippen molar-refractivity contribution in [1.29, 1.82) is 0 Å². The summed E-state index contributed by atoms with van der Waals surface area (Å²) < 4.78 is 0. The molecule has 2 aromatic rings. The molecular formula is C13H14N4O. The molecular weight excluding hydrogens is 228 g/mol. The van der Waals surface area contributed by atoms with E-state index in [0.29, 0.717) is 5.92 Å². The van der Waals surface area contributed by atoms with Gasteiger partial charge in [-0.1, -0.05) is 6.07 Å². The van der Waals surface area contributed by atoms with Gasteiger partial charge in [-0.2, -0.15) is 0 Å². The van der Waals surface area contributed by atoms with E-state index < -0.39 is 6.03 Å². The van der Waals surface area contributed by atoms with Crippen molar-refractivity contribution >= 4 is 11.7 Å². The van der Waals surface area contributed by atoms with E-state index in [1.807, 2.05) is 18.3 Å². The van der Waals surface area contributed by atoms with Crippen molar-refractivity contribution in [2.45, 2.75) is 18.8 Å². The van der Waals surface area contributed by atoms with E-state index in [1.165, 1.54) is 11.1 Å². The Balaban J connectivity index is 1.83. The van der Waals surface area contributed by atoms with Gasteiger partial charge in [-0.3, -0.25) is 0 Å². The molecule has 92 valence electrons. The zero-order valence-corrected chi connectivity index (χ0v) is 9.81. The summed E-state index contributed by atoms with van der Waals surface area (Å²) in [7, 11) is 0. The summed E-state index contributed by atoms with van der Waals surface area (Å²) in [5.41, 5.74) is 9.62. The highest BCUT2D eigenvalue weighted by molar-refractivity contribution is 5.87. The topological polar surface area (TPSA) is 83.8 Å². The smallest absolute Gasteiger partial charge is 0.316 e. The minimum absolute atomic E-state index is 0.450. The van der Waals surface area contributed by atoms with Gasteiger partial charge in [0.15, 0.2) is 0 Å². The van der Waals surface area contributed by atoms with Crippen molar-refractivity contribution < 1.29 is 4.79 Å². The second-order valence-electron chi connectivity index (χ2n) is 4.58. The normalized spacial score (nSPS) is 17.4. The van der Waals surface area contributed by atoms with Crippen molar-refractivity contribution in [3.8, 4) is 0 Å². The monoisotopic (exact) mass is 242 g/mol. The number of nitrogens with one attached hydrogen (secondary N) is 2. The van der Waals surface area contributed by atoms with E-state index >= 15 is 0 Å². The van der Waals surface area contributed by atoms with Gasteiger partial charge in [0.2, 0.25) is 0 Å². The lowest BCUT2D eigenvalue weighted by Crippen LogP contribution is -2.19. The van der Waals surface area contributed by atoms with Crippen LogP contribution in [0.4, 0.5) is 10.5 Å². The molecule has 0 aliphatic heterocycles. The number of carbonyl (C=O) groups is 1. The predicted octanol–water partition coefficient (Wildman–Crippen LogP) is 1.78. The highest BCUT2D eigenvalue weighted by atomic mass is 16.2. The Hall–Kier alpha value is -2.30. The number of hydrogen-bond acceptors (Lipinski definition) is 2. The molecule has 0 spiro atoms. The summed E-state index contributed by atoms with van der Waals surface area (Å²) in [4.78, 5) is 18.0. The molecule has 2 amide bonds. The number of primary amides is 1. The number of nitrogens with two attached hydrogens (primary N) is 1. The van der Waals surface area contributed by atoms with Gasteiger partial charge in [-0.15, -0.1) is 0 Å². The minimum atomic E-state index is -0.530.